The SMILES string of the molecule is Cc1cccc(CS(=O)(=O)N2CCc3[nH]c4ccccc4c3C2)c1. The second kappa shape index (κ2) is 5.76. The Morgan fingerprint density at radius 3 is 2.79 bits per heavy atom. The van der Waals surface area contributed by atoms with Crippen LogP contribution in [0.4, 0.5) is 0 Å². The Labute approximate surface area is 142 Å². The zero-order valence-electron chi connectivity index (χ0n) is 13.6. The number of aromatic nitrogens is 1. The summed E-state index contributed by atoms with van der Waals surface area (Å²) in [7, 11) is -3.32. The molecule has 0 spiro atoms. The zero-order chi connectivity index (χ0) is 16.7. The number of hydrogen-bond acceptors (Lipinski definition) is 2. The minimum Gasteiger partial charge on any atom is -0.358 e. The van der Waals surface area contributed by atoms with Crippen LogP contribution in [0.2, 0.25) is 0 Å². The van der Waals surface area contributed by atoms with Crippen LogP contribution in [-0.4, -0.2) is 24.3 Å². The van der Waals surface area contributed by atoms with E-state index in [1.807, 2.05) is 49.4 Å². The van der Waals surface area contributed by atoms with E-state index in [1.54, 1.807) is 4.31 Å². The molecule has 1 aromatic heterocycles. The van der Waals surface area contributed by atoms with E-state index in [2.05, 4.69) is 11.1 Å². The molecule has 1 N–H and O–H groups in total. The first kappa shape index (κ1) is 15.4. The van der Waals surface area contributed by atoms with Gasteiger partial charge in [0.05, 0.1) is 5.75 Å². The summed E-state index contributed by atoms with van der Waals surface area (Å²) in [6, 6.07) is 15.8. The van der Waals surface area contributed by atoms with Gasteiger partial charge in [-0.2, -0.15) is 4.31 Å². The van der Waals surface area contributed by atoms with Crippen LogP contribution in [-0.2, 0) is 28.7 Å². The monoisotopic (exact) mass is 340 g/mol. The van der Waals surface area contributed by atoms with Crippen LogP contribution in [0.5, 0.6) is 0 Å². The fourth-order valence-corrected chi connectivity index (χ4v) is 4.96. The largest absolute Gasteiger partial charge is 0.358 e. The molecule has 0 atom stereocenters. The first-order valence-corrected chi connectivity index (χ1v) is 9.76. The van der Waals surface area contributed by atoms with Gasteiger partial charge in [-0.15, -0.1) is 0 Å². The molecule has 0 unspecified atom stereocenters. The number of hydrogen-bond donors (Lipinski definition) is 1. The number of fused-ring (bicyclic) bond motifs is 3. The summed E-state index contributed by atoms with van der Waals surface area (Å²) in [6.07, 6.45) is 0.733. The van der Waals surface area contributed by atoms with Crippen LogP contribution in [0.15, 0.2) is 48.5 Å². The lowest BCUT2D eigenvalue weighted by atomic mass is 10.1. The molecule has 24 heavy (non-hydrogen) atoms. The van der Waals surface area contributed by atoms with Gasteiger partial charge in [0.25, 0.3) is 0 Å². The molecule has 0 fully saturated rings. The maximum Gasteiger partial charge on any atom is 0.218 e. The summed E-state index contributed by atoms with van der Waals surface area (Å²) in [6.45, 7) is 2.97. The topological polar surface area (TPSA) is 53.2 Å². The zero-order valence-corrected chi connectivity index (χ0v) is 14.4. The molecule has 0 radical (unpaired) electrons. The quantitative estimate of drug-likeness (QED) is 0.795. The lowest BCUT2D eigenvalue weighted by Gasteiger charge is -2.26. The van der Waals surface area contributed by atoms with Gasteiger partial charge in [0.1, 0.15) is 0 Å². The van der Waals surface area contributed by atoms with Crippen LogP contribution in [0.25, 0.3) is 10.9 Å². The molecule has 0 amide bonds. The van der Waals surface area contributed by atoms with Gasteiger partial charge in [0.15, 0.2) is 0 Å². The fraction of sp³-hybridized carbons (Fsp3) is 0.263. The molecule has 2 heterocycles. The molecule has 3 aromatic rings. The molecular weight excluding hydrogens is 320 g/mol. The van der Waals surface area contributed by atoms with Gasteiger partial charge in [-0.25, -0.2) is 8.42 Å². The average Bonchev–Trinajstić information content (AvgIpc) is 2.92. The van der Waals surface area contributed by atoms with Crippen molar-refractivity contribution in [2.45, 2.75) is 25.6 Å². The van der Waals surface area contributed by atoms with E-state index in [0.29, 0.717) is 13.1 Å². The highest BCUT2D eigenvalue weighted by Gasteiger charge is 2.28. The number of nitrogens with one attached hydrogen (secondary N) is 1. The van der Waals surface area contributed by atoms with Crippen molar-refractivity contribution < 1.29 is 8.42 Å². The third-order valence-electron chi connectivity index (χ3n) is 4.67. The van der Waals surface area contributed by atoms with Gasteiger partial charge >= 0.3 is 0 Å². The van der Waals surface area contributed by atoms with Crippen LogP contribution >= 0.6 is 0 Å². The van der Waals surface area contributed by atoms with E-state index < -0.39 is 10.0 Å². The number of aromatic amines is 1. The van der Waals surface area contributed by atoms with Crippen molar-refractivity contribution in [3.8, 4) is 0 Å². The van der Waals surface area contributed by atoms with Gasteiger partial charge in [0.2, 0.25) is 10.0 Å². The standard InChI is InChI=1S/C19H20N2O2S/c1-14-5-4-6-15(11-14)13-24(22,23)21-10-9-19-17(12-21)16-7-2-3-8-18(16)20-19/h2-8,11,20H,9-10,12-13H2,1H3. The van der Waals surface area contributed by atoms with Crippen LogP contribution in [0.3, 0.4) is 0 Å². The van der Waals surface area contributed by atoms with Crippen molar-refractivity contribution in [1.29, 1.82) is 0 Å². The molecule has 0 saturated heterocycles. The predicted octanol–water partition coefficient (Wildman–Crippen LogP) is 3.36. The Balaban J connectivity index is 1.63. The van der Waals surface area contributed by atoms with E-state index in [4.69, 9.17) is 0 Å². The van der Waals surface area contributed by atoms with E-state index in [-0.39, 0.29) is 5.75 Å². The Morgan fingerprint density at radius 1 is 1.12 bits per heavy atom. The Bertz CT molecular complexity index is 1010. The van der Waals surface area contributed by atoms with Crippen molar-refractivity contribution in [3.05, 3.63) is 70.9 Å². The average molecular weight is 340 g/mol. The van der Waals surface area contributed by atoms with Crippen molar-refractivity contribution in [1.82, 2.24) is 9.29 Å². The minimum absolute atomic E-state index is 0.0619. The molecule has 4 rings (SSSR count). The summed E-state index contributed by atoms with van der Waals surface area (Å²) < 4.78 is 27.3. The molecule has 1 aliphatic heterocycles. The van der Waals surface area contributed by atoms with Crippen LogP contribution in [0, 0.1) is 6.92 Å². The van der Waals surface area contributed by atoms with Gasteiger partial charge < -0.3 is 4.98 Å². The van der Waals surface area contributed by atoms with E-state index >= 15 is 0 Å². The molecule has 5 heteroatoms. The summed E-state index contributed by atoms with van der Waals surface area (Å²) >= 11 is 0. The van der Waals surface area contributed by atoms with E-state index in [0.717, 1.165) is 34.0 Å². The van der Waals surface area contributed by atoms with Gasteiger partial charge in [-0.1, -0.05) is 48.0 Å². The number of H-pyrrole nitrogens is 1. The number of aryl methyl sites for hydroxylation is 1. The molecule has 2 aromatic carbocycles. The van der Waals surface area contributed by atoms with Crippen molar-refractivity contribution in [3.63, 3.8) is 0 Å². The number of nitrogens with zero attached hydrogens (tertiary/aromatic N) is 1. The highest BCUT2D eigenvalue weighted by Crippen LogP contribution is 2.29. The van der Waals surface area contributed by atoms with E-state index in [9.17, 15) is 8.42 Å². The smallest absolute Gasteiger partial charge is 0.218 e. The maximum absolute atomic E-state index is 12.8. The first-order chi connectivity index (χ1) is 11.5. The number of para-hydroxylation sites is 1. The number of rotatable bonds is 3. The molecule has 0 saturated carbocycles. The second-order valence-corrected chi connectivity index (χ2v) is 8.43. The first-order valence-electron chi connectivity index (χ1n) is 8.15. The Kier molecular flexibility index (Phi) is 3.70. The Hall–Kier alpha value is -2.11. The predicted molar refractivity (Wildman–Crippen MR) is 96.2 cm³/mol. The summed E-state index contributed by atoms with van der Waals surface area (Å²) in [5.74, 6) is 0.0619. The fourth-order valence-electron chi connectivity index (χ4n) is 3.48. The van der Waals surface area contributed by atoms with E-state index in [1.165, 1.54) is 5.69 Å². The van der Waals surface area contributed by atoms with Gasteiger partial charge in [0, 0.05) is 36.1 Å². The number of benzene rings is 2. The third-order valence-corrected chi connectivity index (χ3v) is 6.47. The molecule has 0 aliphatic carbocycles. The summed E-state index contributed by atoms with van der Waals surface area (Å²) in [5.41, 5.74) is 5.29. The van der Waals surface area contributed by atoms with Crippen LogP contribution < -0.4 is 0 Å². The number of sulfonamides is 1. The normalized spacial score (nSPS) is 15.5. The maximum atomic E-state index is 12.8. The highest BCUT2D eigenvalue weighted by atomic mass is 32.2. The van der Waals surface area contributed by atoms with Gasteiger partial charge in [-0.3, -0.25) is 0 Å². The second-order valence-electron chi connectivity index (χ2n) is 6.46. The van der Waals surface area contributed by atoms with Crippen molar-refractivity contribution in [2.24, 2.45) is 0 Å². The highest BCUT2D eigenvalue weighted by molar-refractivity contribution is 7.88. The van der Waals surface area contributed by atoms with Crippen molar-refractivity contribution >= 4 is 20.9 Å². The molecule has 1 aliphatic rings. The Morgan fingerprint density at radius 2 is 1.96 bits per heavy atom. The third kappa shape index (κ3) is 2.74. The molecule has 4 nitrogen and oxygen atoms in total. The molecule has 0 bridgehead atoms. The minimum atomic E-state index is -3.32. The van der Waals surface area contributed by atoms with Crippen LogP contribution in [0.1, 0.15) is 22.4 Å². The molecular formula is C19H20N2O2S. The lowest BCUT2D eigenvalue weighted by Crippen LogP contribution is -2.36. The molecule has 124 valence electrons. The summed E-state index contributed by atoms with van der Waals surface area (Å²) in [5, 5.41) is 1.13. The van der Waals surface area contributed by atoms with Gasteiger partial charge in [-0.05, 0) is 24.1 Å². The lowest BCUT2D eigenvalue weighted by molar-refractivity contribution is 0.390. The summed E-state index contributed by atoms with van der Waals surface area (Å²) in [4.78, 5) is 3.42. The van der Waals surface area contributed by atoms with Crippen molar-refractivity contribution in [2.75, 3.05) is 6.54 Å².